The molecule has 0 aliphatic heterocycles. The lowest BCUT2D eigenvalue weighted by Gasteiger charge is -2.04. The highest BCUT2D eigenvalue weighted by Gasteiger charge is 2.14. The molecule has 0 fully saturated rings. The van der Waals surface area contributed by atoms with Crippen LogP contribution in [0.2, 0.25) is 0 Å². The summed E-state index contributed by atoms with van der Waals surface area (Å²) in [4.78, 5) is 37.7. The van der Waals surface area contributed by atoms with E-state index < -0.39 is 36.0 Å². The second-order valence-electron chi connectivity index (χ2n) is 8.13. The fraction of sp³-hybridized carbons (Fsp3) is 0.478. The van der Waals surface area contributed by atoms with Crippen LogP contribution < -0.4 is 34.4 Å². The van der Waals surface area contributed by atoms with Gasteiger partial charge in [0, 0.05) is 30.1 Å². The van der Waals surface area contributed by atoms with Crippen molar-refractivity contribution in [2.75, 3.05) is 13.1 Å². The second-order valence-corrected chi connectivity index (χ2v) is 8.13. The lowest BCUT2D eigenvalue weighted by atomic mass is 10.1. The van der Waals surface area contributed by atoms with Crippen LogP contribution >= 0.6 is 0 Å². The van der Waals surface area contributed by atoms with Gasteiger partial charge in [-0.25, -0.2) is 0 Å². The molecule has 1 aromatic carbocycles. The monoisotopic (exact) mass is 524 g/mol. The quantitative estimate of drug-likeness (QED) is 0.0866. The zero-order valence-corrected chi connectivity index (χ0v) is 20.8. The molecule has 0 radical (unpaired) electrons. The Morgan fingerprint density at radius 1 is 0.838 bits per heavy atom. The van der Waals surface area contributed by atoms with Crippen LogP contribution in [0.5, 0.6) is 0 Å². The molecule has 0 saturated heterocycles. The molecular formula is C23H40N8O6. The van der Waals surface area contributed by atoms with Crippen LogP contribution in [-0.4, -0.2) is 75.4 Å². The van der Waals surface area contributed by atoms with Crippen molar-refractivity contribution < 1.29 is 29.7 Å². The van der Waals surface area contributed by atoms with Gasteiger partial charge < -0.3 is 54.7 Å². The van der Waals surface area contributed by atoms with Crippen LogP contribution in [0.15, 0.2) is 35.5 Å². The number of para-hydroxylation sites is 1. The Bertz CT molecular complexity index is 993. The number of benzene rings is 1. The van der Waals surface area contributed by atoms with Crippen LogP contribution in [0.3, 0.4) is 0 Å². The standard InChI is InChI=1S/C11H12N2O2.C6H14N4O2.C6H14N2O2/c12-9(11(14)15)5-7-6-13-10-4-2-1-3-8(7)10;7-4(5(11)12)2-1-3-10-6(8)9;7-4-2-1-3-5(8)6(9)10/h1-4,6,9,13H,5,12H2,(H,14,15);4H,1-3,7H2,(H,11,12)(H4,8,9,10);5H,1-4,7-8H2,(H,9,10). The van der Waals surface area contributed by atoms with E-state index in [4.69, 9.17) is 49.7 Å². The van der Waals surface area contributed by atoms with E-state index in [2.05, 4.69) is 9.98 Å². The van der Waals surface area contributed by atoms with E-state index in [0.717, 1.165) is 29.3 Å². The molecule has 3 unspecified atom stereocenters. The van der Waals surface area contributed by atoms with Crippen molar-refractivity contribution in [2.45, 2.75) is 56.7 Å². The first-order valence-electron chi connectivity index (χ1n) is 11.7. The average Bonchev–Trinajstić information content (AvgIpc) is 3.25. The molecule has 1 heterocycles. The van der Waals surface area contributed by atoms with Gasteiger partial charge in [-0.05, 0) is 43.9 Å². The number of fused-ring (bicyclic) bond motifs is 1. The smallest absolute Gasteiger partial charge is 0.320 e. The number of aliphatic carboxylic acids is 3. The summed E-state index contributed by atoms with van der Waals surface area (Å²) in [6, 6.07) is 5.38. The Morgan fingerprint density at radius 2 is 1.38 bits per heavy atom. The zero-order valence-electron chi connectivity index (χ0n) is 20.8. The van der Waals surface area contributed by atoms with E-state index in [1.54, 1.807) is 0 Å². The molecule has 14 nitrogen and oxygen atoms in total. The first kappa shape index (κ1) is 33.3. The van der Waals surface area contributed by atoms with Gasteiger partial charge >= 0.3 is 17.9 Å². The number of guanidine groups is 1. The minimum atomic E-state index is -1.00. The molecule has 14 heteroatoms. The summed E-state index contributed by atoms with van der Waals surface area (Å²) >= 11 is 0. The van der Waals surface area contributed by atoms with Crippen LogP contribution in [-0.2, 0) is 20.8 Å². The van der Waals surface area contributed by atoms with Crippen LogP contribution in [0.1, 0.15) is 37.7 Å². The maximum absolute atomic E-state index is 10.6. The van der Waals surface area contributed by atoms with Crippen molar-refractivity contribution in [3.8, 4) is 0 Å². The predicted octanol–water partition coefficient (Wildman–Crippen LogP) is -0.898. The Balaban J connectivity index is 0.000000540. The lowest BCUT2D eigenvalue weighted by Crippen LogP contribution is -2.32. The number of H-pyrrole nitrogens is 1. The van der Waals surface area contributed by atoms with Crippen LogP contribution in [0.4, 0.5) is 0 Å². The predicted molar refractivity (Wildman–Crippen MR) is 142 cm³/mol. The molecule has 0 bridgehead atoms. The molecule has 0 saturated carbocycles. The summed E-state index contributed by atoms with van der Waals surface area (Å²) < 4.78 is 0. The highest BCUT2D eigenvalue weighted by Crippen LogP contribution is 2.18. The van der Waals surface area contributed by atoms with Gasteiger partial charge in [-0.1, -0.05) is 24.6 Å². The van der Waals surface area contributed by atoms with Crippen molar-refractivity contribution in [1.29, 1.82) is 0 Å². The number of carboxylic acids is 3. The number of carboxylic acid groups (broad SMARTS) is 3. The maximum Gasteiger partial charge on any atom is 0.320 e. The Morgan fingerprint density at radius 3 is 1.89 bits per heavy atom. The number of carbonyl (C=O) groups is 3. The van der Waals surface area contributed by atoms with Gasteiger partial charge in [0.05, 0.1) is 0 Å². The first-order valence-corrected chi connectivity index (χ1v) is 11.7. The van der Waals surface area contributed by atoms with Gasteiger partial charge in [0.2, 0.25) is 0 Å². The number of aliphatic imine (C=N–C) groups is 1. The van der Waals surface area contributed by atoms with Gasteiger partial charge in [0.1, 0.15) is 18.1 Å². The molecule has 2 aromatic rings. The molecule has 0 aliphatic carbocycles. The number of rotatable bonds is 13. The van der Waals surface area contributed by atoms with E-state index in [1.807, 2.05) is 30.5 Å². The number of hydrogen-bond acceptors (Lipinski definition) is 8. The zero-order chi connectivity index (χ0) is 28.4. The van der Waals surface area contributed by atoms with E-state index in [0.29, 0.717) is 38.8 Å². The van der Waals surface area contributed by atoms with Gasteiger partial charge in [0.15, 0.2) is 5.96 Å². The minimum absolute atomic E-state index is 0.0129. The van der Waals surface area contributed by atoms with Crippen LogP contribution in [0.25, 0.3) is 10.9 Å². The maximum atomic E-state index is 10.6. The summed E-state index contributed by atoms with van der Waals surface area (Å²) in [5, 5.41) is 26.5. The number of nitrogens with two attached hydrogens (primary N) is 6. The molecule has 208 valence electrons. The molecule has 1 aromatic heterocycles. The van der Waals surface area contributed by atoms with E-state index in [1.165, 1.54) is 0 Å². The lowest BCUT2D eigenvalue weighted by molar-refractivity contribution is -0.139. The normalized spacial score (nSPS) is 12.6. The van der Waals surface area contributed by atoms with Crippen molar-refractivity contribution in [2.24, 2.45) is 39.4 Å². The van der Waals surface area contributed by atoms with Crippen molar-refractivity contribution >= 4 is 34.8 Å². The Kier molecular flexibility index (Phi) is 16.7. The SMILES string of the molecule is NC(Cc1c[nH]c2ccccc12)C(=O)O.NC(N)=NCCCC(N)C(=O)O.NCCCCC(N)C(=O)O. The van der Waals surface area contributed by atoms with Crippen molar-refractivity contribution in [3.63, 3.8) is 0 Å². The number of nitrogens with zero attached hydrogens (tertiary/aromatic N) is 1. The van der Waals surface area contributed by atoms with E-state index >= 15 is 0 Å². The highest BCUT2D eigenvalue weighted by atomic mass is 16.4. The second kappa shape index (κ2) is 18.5. The topological polar surface area (TPSA) is 296 Å². The van der Waals surface area contributed by atoms with Crippen molar-refractivity contribution in [1.82, 2.24) is 4.98 Å². The summed E-state index contributed by atoms with van der Waals surface area (Å²) in [7, 11) is 0. The van der Waals surface area contributed by atoms with Crippen LogP contribution in [0, 0.1) is 0 Å². The first-order chi connectivity index (χ1) is 17.4. The highest BCUT2D eigenvalue weighted by molar-refractivity contribution is 5.84. The Hall–Kier alpha value is -3.72. The van der Waals surface area contributed by atoms with E-state index in [9.17, 15) is 14.4 Å². The third-order valence-electron chi connectivity index (χ3n) is 5.00. The largest absolute Gasteiger partial charge is 0.480 e. The molecule has 16 N–H and O–H groups in total. The third-order valence-corrected chi connectivity index (χ3v) is 5.00. The summed E-state index contributed by atoms with van der Waals surface area (Å²) in [5.74, 6) is -2.89. The molecule has 0 spiro atoms. The Labute approximate surface area is 215 Å². The fourth-order valence-corrected chi connectivity index (χ4v) is 2.90. The number of aromatic nitrogens is 1. The third kappa shape index (κ3) is 15.1. The van der Waals surface area contributed by atoms with Gasteiger partial charge in [0.25, 0.3) is 0 Å². The van der Waals surface area contributed by atoms with E-state index in [-0.39, 0.29) is 5.96 Å². The van der Waals surface area contributed by atoms with Gasteiger partial charge in [-0.15, -0.1) is 0 Å². The summed E-state index contributed by atoms with van der Waals surface area (Å²) in [6.45, 7) is 1.02. The number of unbranched alkanes of at least 4 members (excludes halogenated alkanes) is 1. The molecule has 0 amide bonds. The summed E-state index contributed by atoms with van der Waals surface area (Å²) in [5.41, 5.74) is 33.2. The van der Waals surface area contributed by atoms with Gasteiger partial charge in [-0.3, -0.25) is 19.4 Å². The molecule has 0 aliphatic rings. The molecule has 3 atom stereocenters. The molecular weight excluding hydrogens is 484 g/mol. The number of nitrogens with one attached hydrogen (secondary N) is 1. The summed E-state index contributed by atoms with van der Waals surface area (Å²) in [6.07, 6.45) is 5.28. The average molecular weight is 525 g/mol. The number of aromatic amines is 1. The minimum Gasteiger partial charge on any atom is -0.480 e. The molecule has 2 rings (SSSR count). The van der Waals surface area contributed by atoms with Crippen molar-refractivity contribution in [3.05, 3.63) is 36.0 Å². The number of hydrogen-bond donors (Lipinski definition) is 10. The van der Waals surface area contributed by atoms with Gasteiger partial charge in [-0.2, -0.15) is 0 Å². The molecule has 37 heavy (non-hydrogen) atoms. The fourth-order valence-electron chi connectivity index (χ4n) is 2.90.